The van der Waals surface area contributed by atoms with Gasteiger partial charge in [0.25, 0.3) is 0 Å². The monoisotopic (exact) mass is 256 g/mol. The molecule has 18 heavy (non-hydrogen) atoms. The maximum absolute atomic E-state index is 11.6. The van der Waals surface area contributed by atoms with Crippen LogP contribution in [0.2, 0.25) is 0 Å². The smallest absolute Gasteiger partial charge is 0.315 e. The molecule has 0 aliphatic heterocycles. The molecule has 2 amide bonds. The third kappa shape index (κ3) is 5.38. The molecule has 1 saturated carbocycles. The molecule has 1 rings (SSSR count). The topological polar surface area (TPSA) is 67.4 Å². The average molecular weight is 256 g/mol. The molecule has 5 heteroatoms. The van der Waals surface area contributed by atoms with Crippen molar-refractivity contribution in [2.24, 2.45) is 5.92 Å². The molecule has 0 saturated heterocycles. The van der Waals surface area contributed by atoms with Gasteiger partial charge in [0.15, 0.2) is 0 Å². The van der Waals surface area contributed by atoms with Crippen LogP contribution in [-0.4, -0.2) is 31.2 Å². The first-order chi connectivity index (χ1) is 8.63. The third-order valence-electron chi connectivity index (χ3n) is 3.35. The molecule has 2 N–H and O–H groups in total. The largest absolute Gasteiger partial charge is 0.466 e. The first kappa shape index (κ1) is 14.8. The number of rotatable bonds is 5. The number of carbonyl (C=O) groups excluding carboxylic acids is 2. The van der Waals surface area contributed by atoms with Crippen LogP contribution in [-0.2, 0) is 9.53 Å². The summed E-state index contributed by atoms with van der Waals surface area (Å²) in [4.78, 5) is 22.7. The molecule has 1 aliphatic carbocycles. The van der Waals surface area contributed by atoms with Gasteiger partial charge in [-0.1, -0.05) is 19.8 Å². The van der Waals surface area contributed by atoms with Gasteiger partial charge in [0, 0.05) is 12.6 Å². The minimum Gasteiger partial charge on any atom is -0.466 e. The highest BCUT2D eigenvalue weighted by molar-refractivity contribution is 5.75. The van der Waals surface area contributed by atoms with Crippen LogP contribution in [0.5, 0.6) is 0 Å². The Labute approximate surface area is 109 Å². The fraction of sp³-hybridized carbons (Fsp3) is 0.846. The molecular weight excluding hydrogens is 232 g/mol. The van der Waals surface area contributed by atoms with Crippen molar-refractivity contribution in [1.29, 1.82) is 0 Å². The molecule has 2 atom stereocenters. The molecule has 1 aliphatic rings. The lowest BCUT2D eigenvalue weighted by molar-refractivity contribution is -0.142. The van der Waals surface area contributed by atoms with E-state index in [4.69, 9.17) is 4.74 Å². The Hall–Kier alpha value is -1.26. The molecule has 0 aromatic carbocycles. The van der Waals surface area contributed by atoms with Gasteiger partial charge in [0.05, 0.1) is 13.0 Å². The van der Waals surface area contributed by atoms with Crippen LogP contribution >= 0.6 is 0 Å². The number of esters is 1. The van der Waals surface area contributed by atoms with Crippen LogP contribution in [0.3, 0.4) is 0 Å². The lowest BCUT2D eigenvalue weighted by Gasteiger charge is -2.29. The first-order valence-electron chi connectivity index (χ1n) is 6.83. The summed E-state index contributed by atoms with van der Waals surface area (Å²) in [5, 5.41) is 5.66. The summed E-state index contributed by atoms with van der Waals surface area (Å²) in [7, 11) is 0. The third-order valence-corrected chi connectivity index (χ3v) is 3.35. The SMILES string of the molecule is CCOC(=O)CCNC(=O)N[C@H]1CCCC[C@@H]1C. The van der Waals surface area contributed by atoms with Crippen molar-refractivity contribution in [3.63, 3.8) is 0 Å². The van der Waals surface area contributed by atoms with Gasteiger partial charge in [0.2, 0.25) is 0 Å². The van der Waals surface area contributed by atoms with Gasteiger partial charge >= 0.3 is 12.0 Å². The highest BCUT2D eigenvalue weighted by Gasteiger charge is 2.22. The summed E-state index contributed by atoms with van der Waals surface area (Å²) >= 11 is 0. The van der Waals surface area contributed by atoms with Crippen LogP contribution in [0.1, 0.15) is 46.0 Å². The Morgan fingerprint density at radius 2 is 2.00 bits per heavy atom. The van der Waals surface area contributed by atoms with Crippen molar-refractivity contribution in [2.75, 3.05) is 13.2 Å². The predicted octanol–water partition coefficient (Wildman–Crippen LogP) is 1.82. The lowest BCUT2D eigenvalue weighted by Crippen LogP contribution is -2.46. The first-order valence-corrected chi connectivity index (χ1v) is 6.83. The van der Waals surface area contributed by atoms with E-state index < -0.39 is 0 Å². The molecular formula is C13H24N2O3. The number of hydrogen-bond acceptors (Lipinski definition) is 3. The summed E-state index contributed by atoms with van der Waals surface area (Å²) in [6.07, 6.45) is 4.88. The quantitative estimate of drug-likeness (QED) is 0.737. The van der Waals surface area contributed by atoms with Crippen molar-refractivity contribution in [1.82, 2.24) is 10.6 Å². The number of ether oxygens (including phenoxy) is 1. The van der Waals surface area contributed by atoms with Gasteiger partial charge in [-0.15, -0.1) is 0 Å². The van der Waals surface area contributed by atoms with Crippen molar-refractivity contribution in [2.45, 2.75) is 52.0 Å². The lowest BCUT2D eigenvalue weighted by atomic mass is 9.86. The molecule has 0 bridgehead atoms. The van der Waals surface area contributed by atoms with Crippen molar-refractivity contribution in [3.8, 4) is 0 Å². The molecule has 104 valence electrons. The Bertz CT molecular complexity index is 281. The second-order valence-corrected chi connectivity index (χ2v) is 4.82. The fourth-order valence-electron chi connectivity index (χ4n) is 2.26. The fourth-order valence-corrected chi connectivity index (χ4v) is 2.26. The van der Waals surface area contributed by atoms with E-state index in [1.165, 1.54) is 19.3 Å². The maximum Gasteiger partial charge on any atom is 0.315 e. The standard InChI is InChI=1S/C13H24N2O3/c1-3-18-12(16)8-9-14-13(17)15-11-7-5-4-6-10(11)2/h10-11H,3-9H2,1-2H3,(H2,14,15,17)/t10-,11-/m0/s1. The van der Waals surface area contributed by atoms with Crippen LogP contribution in [0.25, 0.3) is 0 Å². The van der Waals surface area contributed by atoms with Crippen molar-refractivity contribution >= 4 is 12.0 Å². The van der Waals surface area contributed by atoms with E-state index in [1.54, 1.807) is 6.92 Å². The average Bonchev–Trinajstić information content (AvgIpc) is 2.32. The summed E-state index contributed by atoms with van der Waals surface area (Å²) in [6.45, 7) is 4.64. The molecule has 0 aromatic heterocycles. The number of hydrogen-bond donors (Lipinski definition) is 2. The maximum atomic E-state index is 11.6. The van der Waals surface area contributed by atoms with Crippen LogP contribution in [0.4, 0.5) is 4.79 Å². The highest BCUT2D eigenvalue weighted by Crippen LogP contribution is 2.23. The molecule has 0 unspecified atom stereocenters. The van der Waals surface area contributed by atoms with E-state index in [0.717, 1.165) is 6.42 Å². The Kier molecular flexibility index (Phi) is 6.54. The van der Waals surface area contributed by atoms with Crippen LogP contribution in [0.15, 0.2) is 0 Å². The van der Waals surface area contributed by atoms with Crippen molar-refractivity contribution in [3.05, 3.63) is 0 Å². The zero-order chi connectivity index (χ0) is 13.4. The van der Waals surface area contributed by atoms with Gasteiger partial charge in [0.1, 0.15) is 0 Å². The van der Waals surface area contributed by atoms with Crippen molar-refractivity contribution < 1.29 is 14.3 Å². The predicted molar refractivity (Wildman–Crippen MR) is 69.2 cm³/mol. The zero-order valence-electron chi connectivity index (χ0n) is 11.3. The van der Waals surface area contributed by atoms with Gasteiger partial charge in [-0.2, -0.15) is 0 Å². The zero-order valence-corrected chi connectivity index (χ0v) is 11.3. The van der Waals surface area contributed by atoms with E-state index in [-0.39, 0.29) is 24.5 Å². The normalized spacial score (nSPS) is 23.2. The van der Waals surface area contributed by atoms with E-state index in [0.29, 0.717) is 19.1 Å². The number of amides is 2. The van der Waals surface area contributed by atoms with Gasteiger partial charge in [-0.25, -0.2) is 4.79 Å². The molecule has 1 fully saturated rings. The number of carbonyl (C=O) groups is 2. The van der Waals surface area contributed by atoms with E-state index in [2.05, 4.69) is 17.6 Å². The summed E-state index contributed by atoms with van der Waals surface area (Å²) < 4.78 is 4.78. The highest BCUT2D eigenvalue weighted by atomic mass is 16.5. The Morgan fingerprint density at radius 1 is 1.28 bits per heavy atom. The van der Waals surface area contributed by atoms with Crippen LogP contribution in [0, 0.1) is 5.92 Å². The number of urea groups is 1. The van der Waals surface area contributed by atoms with Gasteiger partial charge in [-0.3, -0.25) is 4.79 Å². The second-order valence-electron chi connectivity index (χ2n) is 4.82. The Morgan fingerprint density at radius 3 is 2.67 bits per heavy atom. The molecule has 0 radical (unpaired) electrons. The minimum atomic E-state index is -0.274. The van der Waals surface area contributed by atoms with E-state index in [1.807, 2.05) is 0 Å². The molecule has 0 heterocycles. The van der Waals surface area contributed by atoms with Gasteiger partial charge < -0.3 is 15.4 Å². The van der Waals surface area contributed by atoms with Crippen LogP contribution < -0.4 is 10.6 Å². The van der Waals surface area contributed by atoms with E-state index in [9.17, 15) is 9.59 Å². The molecule has 0 aromatic rings. The second kappa shape index (κ2) is 7.95. The van der Waals surface area contributed by atoms with E-state index >= 15 is 0 Å². The summed E-state index contributed by atoms with van der Waals surface area (Å²) in [5.41, 5.74) is 0. The molecule has 5 nitrogen and oxygen atoms in total. The van der Waals surface area contributed by atoms with Gasteiger partial charge in [-0.05, 0) is 25.7 Å². The minimum absolute atomic E-state index is 0.182. The number of nitrogens with one attached hydrogen (secondary N) is 2. The summed E-state index contributed by atoms with van der Waals surface area (Å²) in [6, 6.07) is 0.0828. The summed E-state index contributed by atoms with van der Waals surface area (Å²) in [5.74, 6) is 0.262. The Balaban J connectivity index is 2.15. The molecule has 0 spiro atoms.